The lowest BCUT2D eigenvalue weighted by Gasteiger charge is -2.38. The van der Waals surface area contributed by atoms with Crippen LogP contribution in [0.25, 0.3) is 0 Å². The normalized spacial score (nSPS) is 37.1. The van der Waals surface area contributed by atoms with Gasteiger partial charge in [0.2, 0.25) is 0 Å². The molecule has 0 nitrogen and oxygen atoms in total. The number of rotatable bonds is 10. The Hall–Kier alpha value is 0. The van der Waals surface area contributed by atoms with Gasteiger partial charge in [0.15, 0.2) is 0 Å². The molecule has 0 atom stereocenters. The van der Waals surface area contributed by atoms with Crippen LogP contribution in [-0.2, 0) is 0 Å². The van der Waals surface area contributed by atoms with E-state index in [4.69, 9.17) is 0 Å². The Bertz CT molecular complexity index is 375. The molecule has 0 aromatic carbocycles. The average Bonchev–Trinajstić information content (AvgIpc) is 2.75. The zero-order valence-electron chi connectivity index (χ0n) is 19.6. The predicted molar refractivity (Wildman–Crippen MR) is 125 cm³/mol. The first kappa shape index (κ1) is 22.7. The molecular weight excluding hydrogens is 336 g/mol. The Morgan fingerprint density at radius 1 is 0.393 bits per heavy atom. The van der Waals surface area contributed by atoms with E-state index >= 15 is 0 Å². The molecule has 0 aliphatic heterocycles. The topological polar surface area (TPSA) is 0 Å². The highest BCUT2D eigenvalue weighted by Crippen LogP contribution is 2.44. The standard InChI is InChI=1S/C28H52/c1-3-5-6-8-24-9-11-25(12-10-24)13-14-26-17-21-28(22-18-26)27-19-15-23(7-4-2)16-20-27/h23-28H,3-22H2,1-2H3/t23-,24-,25-,26-,27-,28-. The van der Waals surface area contributed by atoms with Crippen LogP contribution in [0.4, 0.5) is 0 Å². The van der Waals surface area contributed by atoms with Crippen LogP contribution in [-0.4, -0.2) is 0 Å². The Labute approximate surface area is 178 Å². The molecule has 0 heteroatoms. The van der Waals surface area contributed by atoms with Crippen LogP contribution in [0.15, 0.2) is 0 Å². The molecule has 0 heterocycles. The minimum atomic E-state index is 1.08. The van der Waals surface area contributed by atoms with Crippen molar-refractivity contribution in [1.29, 1.82) is 0 Å². The van der Waals surface area contributed by atoms with Crippen molar-refractivity contribution in [2.24, 2.45) is 35.5 Å². The van der Waals surface area contributed by atoms with Gasteiger partial charge >= 0.3 is 0 Å². The van der Waals surface area contributed by atoms with Crippen molar-refractivity contribution in [2.45, 2.75) is 142 Å². The van der Waals surface area contributed by atoms with Crippen LogP contribution in [0.3, 0.4) is 0 Å². The van der Waals surface area contributed by atoms with Gasteiger partial charge in [-0.15, -0.1) is 0 Å². The second-order valence-corrected chi connectivity index (χ2v) is 11.3. The first-order chi connectivity index (χ1) is 13.8. The van der Waals surface area contributed by atoms with Crippen LogP contribution in [0, 0.1) is 35.5 Å². The maximum atomic E-state index is 2.37. The zero-order chi connectivity index (χ0) is 19.6. The lowest BCUT2D eigenvalue weighted by molar-refractivity contribution is 0.136. The Kier molecular flexibility index (Phi) is 10.2. The third-order valence-corrected chi connectivity index (χ3v) is 9.31. The quantitative estimate of drug-likeness (QED) is 0.327. The van der Waals surface area contributed by atoms with E-state index in [0.29, 0.717) is 0 Å². The van der Waals surface area contributed by atoms with E-state index in [1.807, 2.05) is 0 Å². The highest BCUT2D eigenvalue weighted by atomic mass is 14.4. The third kappa shape index (κ3) is 7.36. The smallest absolute Gasteiger partial charge is 0.0386 e. The Morgan fingerprint density at radius 2 is 0.786 bits per heavy atom. The molecule has 164 valence electrons. The molecule has 0 bridgehead atoms. The predicted octanol–water partition coefficient (Wildman–Crippen LogP) is 9.57. The summed E-state index contributed by atoms with van der Waals surface area (Å²) in [7, 11) is 0. The number of unbranched alkanes of at least 4 members (excludes halogenated alkanes) is 2. The fraction of sp³-hybridized carbons (Fsp3) is 1.00. The molecule has 0 aromatic rings. The SMILES string of the molecule is CCCCC[C@H]1CC[C@H](CC[C@H]2CC[C@H]([C@H]3CC[C@H](CCC)CC3)CC2)CC1. The first-order valence-corrected chi connectivity index (χ1v) is 13.8. The van der Waals surface area contributed by atoms with Gasteiger partial charge in [-0.2, -0.15) is 0 Å². The van der Waals surface area contributed by atoms with E-state index in [0.717, 1.165) is 35.5 Å². The maximum absolute atomic E-state index is 2.37. The van der Waals surface area contributed by atoms with Crippen molar-refractivity contribution in [2.75, 3.05) is 0 Å². The molecule has 0 saturated heterocycles. The third-order valence-electron chi connectivity index (χ3n) is 9.31. The van der Waals surface area contributed by atoms with Gasteiger partial charge in [0.1, 0.15) is 0 Å². The zero-order valence-corrected chi connectivity index (χ0v) is 19.6. The molecule has 3 saturated carbocycles. The molecule has 0 spiro atoms. The number of hydrogen-bond donors (Lipinski definition) is 0. The Balaban J connectivity index is 1.24. The minimum Gasteiger partial charge on any atom is -0.0654 e. The van der Waals surface area contributed by atoms with Crippen LogP contribution in [0.5, 0.6) is 0 Å². The van der Waals surface area contributed by atoms with Crippen molar-refractivity contribution in [3.63, 3.8) is 0 Å². The Morgan fingerprint density at radius 3 is 1.21 bits per heavy atom. The van der Waals surface area contributed by atoms with Gasteiger partial charge in [-0.05, 0) is 61.2 Å². The summed E-state index contributed by atoms with van der Waals surface area (Å²) in [6.45, 7) is 4.70. The summed E-state index contributed by atoms with van der Waals surface area (Å²) in [6.07, 6.45) is 30.7. The molecule has 3 aliphatic rings. The van der Waals surface area contributed by atoms with Crippen LogP contribution in [0.2, 0.25) is 0 Å². The fourth-order valence-corrected chi connectivity index (χ4v) is 7.27. The summed E-state index contributed by atoms with van der Waals surface area (Å²) >= 11 is 0. The van der Waals surface area contributed by atoms with Gasteiger partial charge in [-0.1, -0.05) is 117 Å². The van der Waals surface area contributed by atoms with Gasteiger partial charge in [0.05, 0.1) is 0 Å². The van der Waals surface area contributed by atoms with E-state index in [1.54, 1.807) is 89.9 Å². The molecule has 0 aromatic heterocycles. The van der Waals surface area contributed by atoms with E-state index in [2.05, 4.69) is 13.8 Å². The largest absolute Gasteiger partial charge is 0.0654 e. The molecule has 0 unspecified atom stereocenters. The maximum Gasteiger partial charge on any atom is -0.0386 e. The van der Waals surface area contributed by atoms with Gasteiger partial charge in [0.25, 0.3) is 0 Å². The van der Waals surface area contributed by atoms with E-state index in [1.165, 1.54) is 38.5 Å². The number of hydrogen-bond acceptors (Lipinski definition) is 0. The van der Waals surface area contributed by atoms with Gasteiger partial charge in [0, 0.05) is 0 Å². The minimum absolute atomic E-state index is 1.08. The molecule has 3 fully saturated rings. The highest BCUT2D eigenvalue weighted by Gasteiger charge is 2.31. The first-order valence-electron chi connectivity index (χ1n) is 13.8. The van der Waals surface area contributed by atoms with E-state index < -0.39 is 0 Å². The van der Waals surface area contributed by atoms with E-state index in [9.17, 15) is 0 Å². The van der Waals surface area contributed by atoms with Gasteiger partial charge < -0.3 is 0 Å². The van der Waals surface area contributed by atoms with Crippen molar-refractivity contribution < 1.29 is 0 Å². The molecular formula is C28H52. The van der Waals surface area contributed by atoms with Crippen LogP contribution in [0.1, 0.15) is 142 Å². The molecule has 3 rings (SSSR count). The summed E-state index contributed by atoms with van der Waals surface area (Å²) in [5.41, 5.74) is 0. The van der Waals surface area contributed by atoms with E-state index in [-0.39, 0.29) is 0 Å². The summed E-state index contributed by atoms with van der Waals surface area (Å²) in [4.78, 5) is 0. The summed E-state index contributed by atoms with van der Waals surface area (Å²) in [5, 5.41) is 0. The second kappa shape index (κ2) is 12.6. The molecule has 0 N–H and O–H groups in total. The fourth-order valence-electron chi connectivity index (χ4n) is 7.27. The second-order valence-electron chi connectivity index (χ2n) is 11.3. The monoisotopic (exact) mass is 388 g/mol. The average molecular weight is 389 g/mol. The highest BCUT2D eigenvalue weighted by molar-refractivity contribution is 4.83. The molecule has 0 radical (unpaired) electrons. The van der Waals surface area contributed by atoms with Crippen molar-refractivity contribution in [3.05, 3.63) is 0 Å². The molecule has 28 heavy (non-hydrogen) atoms. The lowest BCUT2D eigenvalue weighted by atomic mass is 9.68. The van der Waals surface area contributed by atoms with Crippen LogP contribution < -0.4 is 0 Å². The van der Waals surface area contributed by atoms with Crippen molar-refractivity contribution >= 4 is 0 Å². The van der Waals surface area contributed by atoms with Crippen molar-refractivity contribution in [1.82, 2.24) is 0 Å². The van der Waals surface area contributed by atoms with Gasteiger partial charge in [-0.25, -0.2) is 0 Å². The molecule has 0 amide bonds. The van der Waals surface area contributed by atoms with Crippen molar-refractivity contribution in [3.8, 4) is 0 Å². The summed E-state index contributed by atoms with van der Waals surface area (Å²) in [6, 6.07) is 0. The molecule has 3 aliphatic carbocycles. The summed E-state index contributed by atoms with van der Waals surface area (Å²) < 4.78 is 0. The van der Waals surface area contributed by atoms with Gasteiger partial charge in [-0.3, -0.25) is 0 Å². The lowest BCUT2D eigenvalue weighted by Crippen LogP contribution is -2.26. The summed E-state index contributed by atoms with van der Waals surface area (Å²) in [5.74, 6) is 6.57. The van der Waals surface area contributed by atoms with Crippen LogP contribution >= 0.6 is 0 Å².